The summed E-state index contributed by atoms with van der Waals surface area (Å²) in [7, 11) is 0. The maximum atomic E-state index is 12.4. The van der Waals surface area contributed by atoms with Gasteiger partial charge in [0.1, 0.15) is 0 Å². The molecule has 1 N–H and O–H groups in total. The summed E-state index contributed by atoms with van der Waals surface area (Å²) in [5.74, 6) is -0.348. The molecule has 0 aromatic heterocycles. The summed E-state index contributed by atoms with van der Waals surface area (Å²) in [6.45, 7) is 2.42. The van der Waals surface area contributed by atoms with E-state index in [-0.39, 0.29) is 24.6 Å². The topological polar surface area (TPSA) is 40.5 Å². The Morgan fingerprint density at radius 3 is 2.30 bits per heavy atom. The van der Waals surface area contributed by atoms with Crippen LogP contribution < -0.4 is 0 Å². The highest BCUT2D eigenvalue weighted by Gasteiger charge is 2.42. The lowest BCUT2D eigenvalue weighted by Crippen LogP contribution is -2.63. The van der Waals surface area contributed by atoms with Gasteiger partial charge in [0.25, 0.3) is 5.91 Å². The average molecular weight is 287 g/mol. The molecule has 1 heterocycles. The number of hydrogen-bond acceptors (Lipinski definition) is 2. The molecule has 1 fully saturated rings. The number of carbonyl (C=O) groups excluding carboxylic acids is 1. The molecule has 3 nitrogen and oxygen atoms in total. The average Bonchev–Trinajstić information content (AvgIpc) is 2.34. The Labute approximate surface area is 115 Å². The van der Waals surface area contributed by atoms with Gasteiger partial charge in [0.15, 0.2) is 0 Å². The van der Waals surface area contributed by atoms with Crippen LogP contribution in [0.15, 0.2) is 24.3 Å². The highest BCUT2D eigenvalue weighted by atomic mass is 19.4. The second kappa shape index (κ2) is 5.09. The predicted molar refractivity (Wildman–Crippen MR) is 67.2 cm³/mol. The highest BCUT2D eigenvalue weighted by Crippen LogP contribution is 2.30. The first kappa shape index (κ1) is 14.8. The third-order valence-corrected chi connectivity index (χ3v) is 3.43. The van der Waals surface area contributed by atoms with Gasteiger partial charge >= 0.3 is 6.18 Å². The predicted octanol–water partition coefficient (Wildman–Crippen LogP) is 2.69. The highest BCUT2D eigenvalue weighted by molar-refractivity contribution is 5.95. The fourth-order valence-electron chi connectivity index (χ4n) is 2.42. The minimum absolute atomic E-state index is 0.205. The van der Waals surface area contributed by atoms with E-state index in [0.29, 0.717) is 6.42 Å². The van der Waals surface area contributed by atoms with Gasteiger partial charge in [-0.15, -0.1) is 0 Å². The zero-order valence-corrected chi connectivity index (χ0v) is 11.1. The zero-order chi connectivity index (χ0) is 15.0. The maximum Gasteiger partial charge on any atom is 0.416 e. The number of carbonyl (C=O) groups is 1. The number of rotatable bonds is 3. The summed E-state index contributed by atoms with van der Waals surface area (Å²) in [5.41, 5.74) is -1.41. The van der Waals surface area contributed by atoms with E-state index in [1.807, 2.05) is 6.92 Å². The van der Waals surface area contributed by atoms with Crippen LogP contribution in [0.2, 0.25) is 0 Å². The van der Waals surface area contributed by atoms with Crippen molar-refractivity contribution in [3.8, 4) is 0 Å². The number of β-amino-alcohol motifs (C(OH)–C–C–N with tert-alkyl or cyclic N) is 1. The number of benzene rings is 1. The van der Waals surface area contributed by atoms with E-state index >= 15 is 0 Å². The van der Waals surface area contributed by atoms with Crippen molar-refractivity contribution in [2.45, 2.75) is 31.5 Å². The summed E-state index contributed by atoms with van der Waals surface area (Å²) < 4.78 is 37.2. The van der Waals surface area contributed by atoms with Gasteiger partial charge in [-0.3, -0.25) is 4.79 Å². The Balaban J connectivity index is 2.01. The van der Waals surface area contributed by atoms with Crippen molar-refractivity contribution in [2.75, 3.05) is 13.1 Å². The standard InChI is InChI=1S/C14H16F3NO2/c1-2-7-13(20)8-18(9-13)12(19)10-3-5-11(6-4-10)14(15,16)17/h3-6,20H,2,7-9H2,1H3. The molecule has 1 aliphatic rings. The van der Waals surface area contributed by atoms with Crippen molar-refractivity contribution in [1.82, 2.24) is 4.90 Å². The molecule has 110 valence electrons. The number of halogens is 3. The van der Waals surface area contributed by atoms with Crippen LogP contribution in [0.5, 0.6) is 0 Å². The molecule has 2 rings (SSSR count). The van der Waals surface area contributed by atoms with Crippen molar-refractivity contribution in [2.24, 2.45) is 0 Å². The Kier molecular flexibility index (Phi) is 3.77. The first-order chi connectivity index (χ1) is 9.25. The lowest BCUT2D eigenvalue weighted by atomic mass is 9.88. The molecule has 1 saturated heterocycles. The van der Waals surface area contributed by atoms with Gasteiger partial charge in [0.05, 0.1) is 24.3 Å². The largest absolute Gasteiger partial charge is 0.416 e. The molecule has 0 saturated carbocycles. The number of aliphatic hydroxyl groups is 1. The molecule has 0 bridgehead atoms. The number of nitrogens with zero attached hydrogens (tertiary/aromatic N) is 1. The van der Waals surface area contributed by atoms with Crippen LogP contribution in [0.4, 0.5) is 13.2 Å². The second-order valence-corrected chi connectivity index (χ2v) is 5.21. The molecule has 20 heavy (non-hydrogen) atoms. The normalized spacial score (nSPS) is 17.8. The zero-order valence-electron chi connectivity index (χ0n) is 11.1. The Hall–Kier alpha value is -1.56. The van der Waals surface area contributed by atoms with E-state index in [1.165, 1.54) is 17.0 Å². The summed E-state index contributed by atoms with van der Waals surface area (Å²) >= 11 is 0. The van der Waals surface area contributed by atoms with Crippen molar-refractivity contribution in [3.05, 3.63) is 35.4 Å². The van der Waals surface area contributed by atoms with Gasteiger partial charge in [0.2, 0.25) is 0 Å². The monoisotopic (exact) mass is 287 g/mol. The first-order valence-corrected chi connectivity index (χ1v) is 6.44. The maximum absolute atomic E-state index is 12.4. The molecule has 1 aliphatic heterocycles. The van der Waals surface area contributed by atoms with Crippen molar-refractivity contribution in [3.63, 3.8) is 0 Å². The van der Waals surface area contributed by atoms with Gasteiger partial charge < -0.3 is 10.0 Å². The lowest BCUT2D eigenvalue weighted by Gasteiger charge is -2.46. The second-order valence-electron chi connectivity index (χ2n) is 5.21. The Morgan fingerprint density at radius 2 is 1.85 bits per heavy atom. The summed E-state index contributed by atoms with van der Waals surface area (Å²) in [6.07, 6.45) is -2.97. The van der Waals surface area contributed by atoms with Gasteiger partial charge in [-0.1, -0.05) is 13.3 Å². The molecular weight excluding hydrogens is 271 g/mol. The number of hydrogen-bond donors (Lipinski definition) is 1. The third-order valence-electron chi connectivity index (χ3n) is 3.43. The van der Waals surface area contributed by atoms with E-state index in [2.05, 4.69) is 0 Å². The molecule has 0 atom stereocenters. The van der Waals surface area contributed by atoms with E-state index in [1.54, 1.807) is 0 Å². The quantitative estimate of drug-likeness (QED) is 0.928. The molecule has 6 heteroatoms. The van der Waals surface area contributed by atoms with Crippen LogP contribution in [0.25, 0.3) is 0 Å². The van der Waals surface area contributed by atoms with Gasteiger partial charge in [-0.2, -0.15) is 13.2 Å². The molecule has 0 radical (unpaired) electrons. The molecule has 0 aliphatic carbocycles. The summed E-state index contributed by atoms with van der Waals surface area (Å²) in [4.78, 5) is 13.5. The SMILES string of the molecule is CCCC1(O)CN(C(=O)c2ccc(C(F)(F)F)cc2)C1. The van der Waals surface area contributed by atoms with Crippen LogP contribution in [0.3, 0.4) is 0 Å². The van der Waals surface area contributed by atoms with E-state index in [4.69, 9.17) is 0 Å². The Bertz CT molecular complexity index is 490. The summed E-state index contributed by atoms with van der Waals surface area (Å²) in [6, 6.07) is 4.13. The van der Waals surface area contributed by atoms with Gasteiger partial charge in [-0.25, -0.2) is 0 Å². The van der Waals surface area contributed by atoms with Crippen LogP contribution in [0.1, 0.15) is 35.7 Å². The van der Waals surface area contributed by atoms with Crippen molar-refractivity contribution < 1.29 is 23.1 Å². The van der Waals surface area contributed by atoms with Gasteiger partial charge in [0, 0.05) is 5.56 Å². The van der Waals surface area contributed by atoms with Gasteiger partial charge in [-0.05, 0) is 30.7 Å². The molecule has 1 amide bonds. The lowest BCUT2D eigenvalue weighted by molar-refractivity contribution is -0.137. The van der Waals surface area contributed by atoms with Crippen LogP contribution in [-0.4, -0.2) is 34.6 Å². The van der Waals surface area contributed by atoms with Crippen molar-refractivity contribution in [1.29, 1.82) is 0 Å². The Morgan fingerprint density at radius 1 is 1.30 bits per heavy atom. The smallest absolute Gasteiger partial charge is 0.386 e. The van der Waals surface area contributed by atoms with Crippen LogP contribution in [0, 0.1) is 0 Å². The van der Waals surface area contributed by atoms with Crippen molar-refractivity contribution >= 4 is 5.91 Å². The van der Waals surface area contributed by atoms with Crippen LogP contribution >= 0.6 is 0 Å². The molecule has 0 spiro atoms. The fraction of sp³-hybridized carbons (Fsp3) is 0.500. The third kappa shape index (κ3) is 2.95. The van der Waals surface area contributed by atoms with E-state index in [9.17, 15) is 23.1 Å². The fourth-order valence-corrected chi connectivity index (χ4v) is 2.42. The minimum Gasteiger partial charge on any atom is -0.386 e. The van der Waals surface area contributed by atoms with E-state index in [0.717, 1.165) is 18.6 Å². The first-order valence-electron chi connectivity index (χ1n) is 6.44. The molecule has 1 aromatic rings. The number of alkyl halides is 3. The molecular formula is C14H16F3NO2. The van der Waals surface area contributed by atoms with Crippen LogP contribution in [-0.2, 0) is 6.18 Å². The number of amides is 1. The summed E-state index contributed by atoms with van der Waals surface area (Å²) in [5, 5.41) is 9.98. The van der Waals surface area contributed by atoms with E-state index < -0.39 is 17.3 Å². The number of likely N-dealkylation sites (tertiary alicyclic amines) is 1. The molecule has 1 aromatic carbocycles. The minimum atomic E-state index is -4.40. The molecule has 0 unspecified atom stereocenters.